The molecule has 1 fully saturated rings. The van der Waals surface area contributed by atoms with Gasteiger partial charge in [-0.1, -0.05) is 37.5 Å². The van der Waals surface area contributed by atoms with Gasteiger partial charge in [-0.05, 0) is 55.3 Å². The number of esters is 1. The number of hydrogen-bond acceptors (Lipinski definition) is 5. The van der Waals surface area contributed by atoms with Gasteiger partial charge in [0.05, 0.1) is 20.7 Å². The van der Waals surface area contributed by atoms with Crippen molar-refractivity contribution in [3.63, 3.8) is 0 Å². The standard InChI is InChI=1S/C24H32FN3O2Si/c1-30-24(29)19-15-21(23(27-16-19)26-11-14-28-12-5-6-13-28)22(17-31(2,3)4)18-7-9-20(25)10-8-18/h7-10,15-17H,5-6,11-14H2,1-4H3,(H,26,27). The highest BCUT2D eigenvalue weighted by Gasteiger charge is 2.20. The molecule has 1 aliphatic heterocycles. The van der Waals surface area contributed by atoms with E-state index in [4.69, 9.17) is 4.74 Å². The van der Waals surface area contributed by atoms with Gasteiger partial charge < -0.3 is 15.0 Å². The number of halogens is 1. The number of carbonyl (C=O) groups is 1. The number of aromatic nitrogens is 1. The van der Waals surface area contributed by atoms with Crippen LogP contribution in [0, 0.1) is 5.82 Å². The fourth-order valence-corrected chi connectivity index (χ4v) is 4.95. The Kier molecular flexibility index (Phi) is 7.62. The SMILES string of the molecule is COC(=O)c1cnc(NCCN2CCCC2)c(C(=C[Si](C)(C)C)c2ccc(F)cc2)c1. The first-order valence-corrected chi connectivity index (χ1v) is 14.4. The largest absolute Gasteiger partial charge is 0.465 e. The third kappa shape index (κ3) is 6.48. The minimum atomic E-state index is -1.66. The molecule has 2 heterocycles. The lowest BCUT2D eigenvalue weighted by molar-refractivity contribution is 0.0600. The zero-order valence-corrected chi connectivity index (χ0v) is 19.9. The summed E-state index contributed by atoms with van der Waals surface area (Å²) in [5.74, 6) is 0.0194. The summed E-state index contributed by atoms with van der Waals surface area (Å²) >= 11 is 0. The smallest absolute Gasteiger partial charge is 0.339 e. The molecule has 0 aliphatic carbocycles. The number of anilines is 1. The number of benzene rings is 1. The Morgan fingerprint density at radius 3 is 2.48 bits per heavy atom. The third-order valence-corrected chi connectivity index (χ3v) is 6.41. The Bertz CT molecular complexity index is 933. The molecule has 1 aliphatic rings. The van der Waals surface area contributed by atoms with Gasteiger partial charge >= 0.3 is 5.97 Å². The van der Waals surface area contributed by atoms with E-state index in [0.29, 0.717) is 5.56 Å². The van der Waals surface area contributed by atoms with Crippen LogP contribution < -0.4 is 5.32 Å². The van der Waals surface area contributed by atoms with Gasteiger partial charge in [-0.2, -0.15) is 0 Å². The van der Waals surface area contributed by atoms with Crippen LogP contribution in [0.5, 0.6) is 0 Å². The van der Waals surface area contributed by atoms with Crippen molar-refractivity contribution < 1.29 is 13.9 Å². The van der Waals surface area contributed by atoms with Gasteiger partial charge in [0.25, 0.3) is 0 Å². The highest BCUT2D eigenvalue weighted by Crippen LogP contribution is 2.31. The number of pyridine rings is 1. The Morgan fingerprint density at radius 2 is 1.87 bits per heavy atom. The average molecular weight is 442 g/mol. The topological polar surface area (TPSA) is 54.5 Å². The normalized spacial score (nSPS) is 15.2. The van der Waals surface area contributed by atoms with Gasteiger partial charge in [0, 0.05) is 24.8 Å². The second kappa shape index (κ2) is 10.2. The lowest BCUT2D eigenvalue weighted by Crippen LogP contribution is -2.26. The van der Waals surface area contributed by atoms with Crippen molar-refractivity contribution in [2.75, 3.05) is 38.6 Å². The Labute approximate surface area is 185 Å². The molecule has 0 bridgehead atoms. The molecule has 1 saturated heterocycles. The van der Waals surface area contributed by atoms with Crippen LogP contribution in [0.3, 0.4) is 0 Å². The minimum absolute atomic E-state index is 0.276. The monoisotopic (exact) mass is 441 g/mol. The molecule has 0 radical (unpaired) electrons. The van der Waals surface area contributed by atoms with Crippen LogP contribution >= 0.6 is 0 Å². The lowest BCUT2D eigenvalue weighted by atomic mass is 9.98. The second-order valence-electron chi connectivity index (χ2n) is 9.02. The maximum absolute atomic E-state index is 13.6. The number of hydrogen-bond donors (Lipinski definition) is 1. The van der Waals surface area contributed by atoms with Crippen molar-refractivity contribution in [3.05, 3.63) is 64.7 Å². The molecule has 31 heavy (non-hydrogen) atoms. The molecule has 0 atom stereocenters. The van der Waals surface area contributed by atoms with Crippen LogP contribution in [0.15, 0.2) is 42.2 Å². The van der Waals surface area contributed by atoms with E-state index in [2.05, 4.69) is 40.5 Å². The summed E-state index contributed by atoms with van der Waals surface area (Å²) < 4.78 is 18.5. The highest BCUT2D eigenvalue weighted by atomic mass is 28.3. The quantitative estimate of drug-likeness (QED) is 0.470. The zero-order chi connectivity index (χ0) is 22.4. The molecule has 2 aromatic rings. The molecule has 3 rings (SSSR count). The summed E-state index contributed by atoms with van der Waals surface area (Å²) in [6.45, 7) is 10.7. The predicted molar refractivity (Wildman–Crippen MR) is 127 cm³/mol. The Hall–Kier alpha value is -2.51. The number of ether oxygens (including phenoxy) is 1. The second-order valence-corrected chi connectivity index (χ2v) is 14.0. The van der Waals surface area contributed by atoms with E-state index in [1.165, 1.54) is 32.1 Å². The molecule has 166 valence electrons. The van der Waals surface area contributed by atoms with E-state index in [-0.39, 0.29) is 5.82 Å². The summed E-state index contributed by atoms with van der Waals surface area (Å²) in [6, 6.07) is 8.31. The first kappa shape index (κ1) is 23.2. The minimum Gasteiger partial charge on any atom is -0.465 e. The van der Waals surface area contributed by atoms with Gasteiger partial charge in [0.2, 0.25) is 0 Å². The van der Waals surface area contributed by atoms with E-state index in [1.54, 1.807) is 18.3 Å². The lowest BCUT2D eigenvalue weighted by Gasteiger charge is -2.20. The van der Waals surface area contributed by atoms with E-state index in [0.717, 1.165) is 48.7 Å². The summed E-state index contributed by atoms with van der Waals surface area (Å²) in [4.78, 5) is 19.2. The molecule has 0 amide bonds. The summed E-state index contributed by atoms with van der Waals surface area (Å²) in [5, 5.41) is 3.47. The molecular formula is C24H32FN3O2Si. The first-order valence-electron chi connectivity index (χ1n) is 10.8. The molecular weight excluding hydrogens is 409 g/mol. The Morgan fingerprint density at radius 1 is 1.19 bits per heavy atom. The highest BCUT2D eigenvalue weighted by molar-refractivity contribution is 6.81. The van der Waals surface area contributed by atoms with E-state index >= 15 is 0 Å². The van der Waals surface area contributed by atoms with Crippen LogP contribution in [0.4, 0.5) is 10.2 Å². The maximum Gasteiger partial charge on any atom is 0.339 e. The van der Waals surface area contributed by atoms with Crippen LogP contribution in [0.2, 0.25) is 19.6 Å². The van der Waals surface area contributed by atoms with Crippen LogP contribution in [0.1, 0.15) is 34.3 Å². The van der Waals surface area contributed by atoms with Gasteiger partial charge in [-0.3, -0.25) is 0 Å². The first-order chi connectivity index (χ1) is 14.8. The van der Waals surface area contributed by atoms with E-state index in [9.17, 15) is 9.18 Å². The van der Waals surface area contributed by atoms with E-state index < -0.39 is 14.0 Å². The fourth-order valence-electron chi connectivity index (χ4n) is 3.76. The van der Waals surface area contributed by atoms with Crippen molar-refractivity contribution in [1.29, 1.82) is 0 Å². The van der Waals surface area contributed by atoms with Gasteiger partial charge in [0.1, 0.15) is 11.6 Å². The number of carbonyl (C=O) groups excluding carboxylic acids is 1. The van der Waals surface area contributed by atoms with Gasteiger partial charge in [-0.15, -0.1) is 0 Å². The summed E-state index contributed by atoms with van der Waals surface area (Å²) in [5.41, 5.74) is 5.35. The van der Waals surface area contributed by atoms with Crippen molar-refractivity contribution in [1.82, 2.24) is 9.88 Å². The predicted octanol–water partition coefficient (Wildman–Crippen LogP) is 4.82. The zero-order valence-electron chi connectivity index (χ0n) is 18.9. The summed E-state index contributed by atoms with van der Waals surface area (Å²) in [6.07, 6.45) is 4.06. The van der Waals surface area contributed by atoms with Crippen molar-refractivity contribution >= 4 is 25.4 Å². The summed E-state index contributed by atoms with van der Waals surface area (Å²) in [7, 11) is -0.299. The average Bonchev–Trinajstić information content (AvgIpc) is 3.25. The number of nitrogens with one attached hydrogen (secondary N) is 1. The molecule has 0 unspecified atom stereocenters. The molecule has 0 spiro atoms. The molecule has 1 N–H and O–H groups in total. The number of likely N-dealkylation sites (tertiary alicyclic amines) is 1. The molecule has 5 nitrogen and oxygen atoms in total. The fraction of sp³-hybridized carbons (Fsp3) is 0.417. The van der Waals surface area contributed by atoms with Crippen molar-refractivity contribution in [3.8, 4) is 0 Å². The van der Waals surface area contributed by atoms with Crippen LogP contribution in [0.25, 0.3) is 5.57 Å². The van der Waals surface area contributed by atoms with Crippen molar-refractivity contribution in [2.24, 2.45) is 0 Å². The van der Waals surface area contributed by atoms with Gasteiger partial charge in [0.15, 0.2) is 0 Å². The van der Waals surface area contributed by atoms with Crippen molar-refractivity contribution in [2.45, 2.75) is 32.5 Å². The van der Waals surface area contributed by atoms with Crippen LogP contribution in [-0.4, -0.2) is 57.2 Å². The van der Waals surface area contributed by atoms with Crippen LogP contribution in [-0.2, 0) is 4.74 Å². The van der Waals surface area contributed by atoms with Gasteiger partial charge in [-0.25, -0.2) is 14.2 Å². The number of methoxy groups -OCH3 is 1. The Balaban J connectivity index is 2.01. The number of rotatable bonds is 8. The third-order valence-electron chi connectivity index (χ3n) is 5.25. The maximum atomic E-state index is 13.6. The molecule has 1 aromatic heterocycles. The van der Waals surface area contributed by atoms with E-state index in [1.807, 2.05) is 6.07 Å². The molecule has 0 saturated carbocycles. The molecule has 1 aromatic carbocycles. The number of nitrogens with zero attached hydrogens (tertiary/aromatic N) is 2. The molecule has 7 heteroatoms.